The topological polar surface area (TPSA) is 64.1 Å². The molecule has 1 N–H and O–H groups in total. The van der Waals surface area contributed by atoms with Crippen molar-refractivity contribution >= 4 is 5.78 Å². The lowest BCUT2D eigenvalue weighted by Crippen LogP contribution is -2.24. The van der Waals surface area contributed by atoms with Gasteiger partial charge < -0.3 is 10.1 Å². The molecule has 0 saturated heterocycles. The maximum atomic E-state index is 11.9. The van der Waals surface area contributed by atoms with E-state index < -0.39 is 0 Å². The van der Waals surface area contributed by atoms with Crippen LogP contribution < -0.4 is 5.32 Å². The fourth-order valence-corrected chi connectivity index (χ4v) is 3.91. The van der Waals surface area contributed by atoms with E-state index in [2.05, 4.69) is 39.8 Å². The first-order valence-electron chi connectivity index (χ1n) is 10.7. The number of rotatable bonds is 7. The average molecular weight is 396 g/mol. The molecule has 0 bridgehead atoms. The Balaban J connectivity index is 1.78. The number of hydrogen-bond acceptors (Lipinski definition) is 5. The number of ether oxygens (including phenoxy) is 1. The van der Waals surface area contributed by atoms with Gasteiger partial charge >= 0.3 is 0 Å². The van der Waals surface area contributed by atoms with Gasteiger partial charge in [-0.25, -0.2) is 0 Å². The minimum Gasteiger partial charge on any atom is -0.370 e. The van der Waals surface area contributed by atoms with Crippen LogP contribution in [0.25, 0.3) is 11.3 Å². The van der Waals surface area contributed by atoms with Gasteiger partial charge in [0.1, 0.15) is 6.61 Å². The summed E-state index contributed by atoms with van der Waals surface area (Å²) < 4.78 is 5.96. The van der Waals surface area contributed by atoms with Crippen molar-refractivity contribution in [2.45, 2.75) is 65.5 Å². The van der Waals surface area contributed by atoms with Crippen molar-refractivity contribution in [2.24, 2.45) is 5.92 Å². The zero-order valence-corrected chi connectivity index (χ0v) is 18.1. The molecule has 1 atom stereocenters. The first-order valence-corrected chi connectivity index (χ1v) is 10.7. The number of Topliss-reactive ketones (excluding diaryl/α,β-unsaturated/α-hetero) is 1. The molecular weight excluding hydrogens is 362 g/mol. The van der Waals surface area contributed by atoms with Crippen LogP contribution >= 0.6 is 0 Å². The second-order valence-corrected chi connectivity index (χ2v) is 8.30. The number of aromatic nitrogens is 2. The Labute approximate surface area is 174 Å². The minimum absolute atomic E-state index is 0.0313. The zero-order valence-electron chi connectivity index (χ0n) is 18.1. The van der Waals surface area contributed by atoms with Gasteiger partial charge in [-0.05, 0) is 62.8 Å². The van der Waals surface area contributed by atoms with Crippen molar-refractivity contribution in [1.29, 1.82) is 0 Å². The molecule has 0 fully saturated rings. The van der Waals surface area contributed by atoms with Gasteiger partial charge in [0.05, 0.1) is 17.5 Å². The molecule has 5 heteroatoms. The van der Waals surface area contributed by atoms with Crippen molar-refractivity contribution in [3.63, 3.8) is 0 Å². The van der Waals surface area contributed by atoms with Crippen molar-refractivity contribution in [2.75, 3.05) is 13.7 Å². The summed E-state index contributed by atoms with van der Waals surface area (Å²) in [6, 6.07) is 8.60. The molecule has 1 aliphatic carbocycles. The predicted molar refractivity (Wildman–Crippen MR) is 116 cm³/mol. The third-order valence-corrected chi connectivity index (χ3v) is 5.77. The summed E-state index contributed by atoms with van der Waals surface area (Å²) in [5.41, 5.74) is 7.04. The number of aryl methyl sites for hydroxylation is 1. The van der Waals surface area contributed by atoms with Gasteiger partial charge in [-0.1, -0.05) is 38.1 Å². The number of ketones is 1. The number of carbonyl (C=O) groups is 1. The molecular formula is C24H33N3O2. The summed E-state index contributed by atoms with van der Waals surface area (Å²) in [6.07, 6.45) is 4.96. The predicted octanol–water partition coefficient (Wildman–Crippen LogP) is 4.05. The highest BCUT2D eigenvalue weighted by Crippen LogP contribution is 2.30. The summed E-state index contributed by atoms with van der Waals surface area (Å²) in [5, 5.41) is 12.2. The molecule has 29 heavy (non-hydrogen) atoms. The highest BCUT2D eigenvalue weighted by atomic mass is 16.5. The van der Waals surface area contributed by atoms with Crippen LogP contribution in [0.1, 0.15) is 55.5 Å². The second kappa shape index (κ2) is 10.1. The number of benzene rings is 1. The second-order valence-electron chi connectivity index (χ2n) is 8.30. The molecule has 0 spiro atoms. The number of nitrogens with one attached hydrogen (secondary N) is 1. The molecule has 0 saturated carbocycles. The molecule has 1 heterocycles. The average Bonchev–Trinajstić information content (AvgIpc) is 2.69. The van der Waals surface area contributed by atoms with E-state index in [4.69, 9.17) is 4.74 Å². The Hall–Kier alpha value is -2.11. The molecule has 0 radical (unpaired) electrons. The summed E-state index contributed by atoms with van der Waals surface area (Å²) in [7, 11) is 1.96. The van der Waals surface area contributed by atoms with Crippen molar-refractivity contribution in [3.8, 4) is 11.3 Å². The van der Waals surface area contributed by atoms with Crippen LogP contribution in [-0.4, -0.2) is 35.7 Å². The van der Waals surface area contributed by atoms with Gasteiger partial charge in [-0.3, -0.25) is 4.79 Å². The highest BCUT2D eigenvalue weighted by molar-refractivity contribution is 5.81. The van der Waals surface area contributed by atoms with Crippen LogP contribution in [0.5, 0.6) is 0 Å². The van der Waals surface area contributed by atoms with E-state index in [9.17, 15) is 4.79 Å². The Morgan fingerprint density at radius 3 is 2.59 bits per heavy atom. The van der Waals surface area contributed by atoms with Crippen LogP contribution in [0.3, 0.4) is 0 Å². The summed E-state index contributed by atoms with van der Waals surface area (Å²) in [4.78, 5) is 11.9. The molecule has 1 aliphatic rings. The molecule has 1 aromatic heterocycles. The van der Waals surface area contributed by atoms with Gasteiger partial charge in [0.15, 0.2) is 5.78 Å². The van der Waals surface area contributed by atoms with E-state index in [-0.39, 0.29) is 24.4 Å². The number of hydrogen-bond donors (Lipinski definition) is 1. The van der Waals surface area contributed by atoms with Crippen molar-refractivity contribution < 1.29 is 9.53 Å². The SMILES string of the molecule is CNCc1ccc(-c2nnc(C)c3c2CCCC(OCC(=O)C(C)C)CC3)cc1. The Morgan fingerprint density at radius 1 is 1.14 bits per heavy atom. The maximum absolute atomic E-state index is 11.9. The normalized spacial score (nSPS) is 16.9. The standard InChI is InChI=1S/C24H33N3O2/c1-16(2)23(28)15-29-20-6-5-7-22-21(13-12-20)17(3)26-27-24(22)19-10-8-18(9-11-19)14-25-4/h8-11,16,20,25H,5-7,12-15H2,1-4H3. The maximum Gasteiger partial charge on any atom is 0.160 e. The van der Waals surface area contributed by atoms with E-state index in [0.717, 1.165) is 55.6 Å². The van der Waals surface area contributed by atoms with Crippen LogP contribution in [0, 0.1) is 12.8 Å². The van der Waals surface area contributed by atoms with Crippen LogP contribution in [-0.2, 0) is 28.9 Å². The quantitative estimate of drug-likeness (QED) is 0.766. The first kappa shape index (κ1) is 21.6. The molecule has 0 aliphatic heterocycles. The minimum atomic E-state index is 0.0313. The van der Waals surface area contributed by atoms with Crippen molar-refractivity contribution in [1.82, 2.24) is 15.5 Å². The molecule has 0 amide bonds. The van der Waals surface area contributed by atoms with Gasteiger partial charge in [0.2, 0.25) is 0 Å². The van der Waals surface area contributed by atoms with E-state index in [1.807, 2.05) is 27.8 Å². The summed E-state index contributed by atoms with van der Waals surface area (Å²) in [5.74, 6) is 0.211. The van der Waals surface area contributed by atoms with Crippen LogP contribution in [0.2, 0.25) is 0 Å². The van der Waals surface area contributed by atoms with E-state index in [1.54, 1.807) is 0 Å². The third kappa shape index (κ3) is 5.49. The Kier molecular flexibility index (Phi) is 7.51. The molecule has 1 aromatic carbocycles. The lowest BCUT2D eigenvalue weighted by molar-refractivity contribution is -0.128. The number of fused-ring (bicyclic) bond motifs is 1. The monoisotopic (exact) mass is 395 g/mol. The number of carbonyl (C=O) groups excluding carboxylic acids is 1. The smallest absolute Gasteiger partial charge is 0.160 e. The van der Waals surface area contributed by atoms with E-state index in [0.29, 0.717) is 0 Å². The highest BCUT2D eigenvalue weighted by Gasteiger charge is 2.22. The van der Waals surface area contributed by atoms with Crippen LogP contribution in [0.4, 0.5) is 0 Å². The van der Waals surface area contributed by atoms with Crippen molar-refractivity contribution in [3.05, 3.63) is 46.6 Å². The van der Waals surface area contributed by atoms with Crippen LogP contribution in [0.15, 0.2) is 24.3 Å². The lowest BCUT2D eigenvalue weighted by Gasteiger charge is -2.24. The summed E-state index contributed by atoms with van der Waals surface area (Å²) >= 11 is 0. The third-order valence-electron chi connectivity index (χ3n) is 5.77. The van der Waals surface area contributed by atoms with Gasteiger partial charge in [-0.2, -0.15) is 5.10 Å². The Morgan fingerprint density at radius 2 is 1.90 bits per heavy atom. The van der Waals surface area contributed by atoms with E-state index >= 15 is 0 Å². The molecule has 3 rings (SSSR count). The fourth-order valence-electron chi connectivity index (χ4n) is 3.91. The lowest BCUT2D eigenvalue weighted by atomic mass is 9.89. The summed E-state index contributed by atoms with van der Waals surface area (Å²) in [6.45, 7) is 6.99. The van der Waals surface area contributed by atoms with E-state index in [1.165, 1.54) is 16.7 Å². The number of nitrogens with zero attached hydrogens (tertiary/aromatic N) is 2. The molecule has 156 valence electrons. The zero-order chi connectivity index (χ0) is 20.8. The first-order chi connectivity index (χ1) is 14.0. The Bertz CT molecular complexity index is 831. The molecule has 2 aromatic rings. The molecule has 1 unspecified atom stereocenters. The van der Waals surface area contributed by atoms with Gasteiger partial charge in [0.25, 0.3) is 0 Å². The molecule has 5 nitrogen and oxygen atoms in total. The largest absolute Gasteiger partial charge is 0.370 e. The fraction of sp³-hybridized carbons (Fsp3) is 0.542. The van der Waals surface area contributed by atoms with Gasteiger partial charge in [0, 0.05) is 18.0 Å². The van der Waals surface area contributed by atoms with Gasteiger partial charge in [-0.15, -0.1) is 5.10 Å².